The zero-order valence-corrected chi connectivity index (χ0v) is 20.4. The molecular weight excluding hydrogens is 495 g/mol. The van der Waals surface area contributed by atoms with E-state index in [1.165, 1.54) is 36.4 Å². The van der Waals surface area contributed by atoms with Gasteiger partial charge in [0.1, 0.15) is 0 Å². The number of hydrogen-bond donors (Lipinski definition) is 0. The van der Waals surface area contributed by atoms with Gasteiger partial charge >= 0.3 is 0 Å². The largest absolute Gasteiger partial charge is 0.297 e. The molecule has 6 nitrogen and oxygen atoms in total. The molecule has 3 aromatic rings. The Hall–Kier alpha value is -1.94. The monoisotopic (exact) mass is 514 g/mol. The minimum atomic E-state index is -4.04. The topological polar surface area (TPSA) is 86.7 Å². The molecule has 3 rings (SSSR count). The summed E-state index contributed by atoms with van der Waals surface area (Å²) in [5.74, 6) is 0. The molecule has 0 bridgehead atoms. The van der Waals surface area contributed by atoms with E-state index in [1.54, 1.807) is 24.3 Å². The van der Waals surface area contributed by atoms with Crippen LogP contribution in [0.4, 0.5) is 0 Å². The first-order chi connectivity index (χ1) is 15.0. The van der Waals surface area contributed by atoms with Gasteiger partial charge in [-0.1, -0.05) is 58.6 Å². The van der Waals surface area contributed by atoms with Gasteiger partial charge in [0.2, 0.25) is 0 Å². The highest BCUT2D eigenvalue weighted by Crippen LogP contribution is 2.29. The fraction of sp³-hybridized carbons (Fsp3) is 0.182. The van der Waals surface area contributed by atoms with Crippen molar-refractivity contribution in [3.8, 4) is 0 Å². The molecule has 0 aliphatic rings. The summed E-state index contributed by atoms with van der Waals surface area (Å²) in [7, 11) is -8.08. The van der Waals surface area contributed by atoms with E-state index in [-0.39, 0.29) is 33.0 Å². The van der Waals surface area contributed by atoms with Crippen LogP contribution in [0.5, 0.6) is 0 Å². The lowest BCUT2D eigenvalue weighted by Gasteiger charge is -2.13. The Labute approximate surface area is 198 Å². The molecule has 10 heteroatoms. The molecule has 0 spiro atoms. The van der Waals surface area contributed by atoms with Crippen LogP contribution in [0.2, 0.25) is 10.0 Å². The molecule has 0 radical (unpaired) electrons. The summed E-state index contributed by atoms with van der Waals surface area (Å²) in [6.07, 6.45) is 0. The van der Waals surface area contributed by atoms with Crippen LogP contribution < -0.4 is 0 Å². The second kappa shape index (κ2) is 9.91. The SMILES string of the molecule is Cc1ccc(S(=O)(=O)OCc2cc(Cl)c(Cl)cc2COS(=O)(=O)c2ccc(C)cc2)cc1. The van der Waals surface area contributed by atoms with E-state index in [9.17, 15) is 16.8 Å². The van der Waals surface area contributed by atoms with Crippen LogP contribution in [0.15, 0.2) is 70.5 Å². The van der Waals surface area contributed by atoms with Gasteiger partial charge in [-0.2, -0.15) is 16.8 Å². The Morgan fingerprint density at radius 2 is 0.938 bits per heavy atom. The van der Waals surface area contributed by atoms with Crippen LogP contribution in [0.25, 0.3) is 0 Å². The molecule has 0 fully saturated rings. The molecule has 0 aliphatic heterocycles. The number of halogens is 2. The third kappa shape index (κ3) is 6.10. The number of rotatable bonds is 8. The average Bonchev–Trinajstić information content (AvgIpc) is 2.74. The highest BCUT2D eigenvalue weighted by Gasteiger charge is 2.20. The van der Waals surface area contributed by atoms with Crippen molar-refractivity contribution < 1.29 is 25.2 Å². The third-order valence-electron chi connectivity index (χ3n) is 4.60. The molecule has 0 unspecified atom stereocenters. The van der Waals surface area contributed by atoms with Gasteiger partial charge in [-0.3, -0.25) is 8.37 Å². The number of benzene rings is 3. The normalized spacial score (nSPS) is 12.1. The van der Waals surface area contributed by atoms with E-state index in [0.29, 0.717) is 11.1 Å². The Balaban J connectivity index is 1.81. The van der Waals surface area contributed by atoms with E-state index in [2.05, 4.69) is 0 Å². The van der Waals surface area contributed by atoms with Crippen LogP contribution in [-0.2, 0) is 41.8 Å². The lowest BCUT2D eigenvalue weighted by molar-refractivity contribution is 0.288. The second-order valence-corrected chi connectivity index (χ2v) is 11.1. The van der Waals surface area contributed by atoms with Crippen LogP contribution in [0, 0.1) is 13.8 Å². The second-order valence-electron chi connectivity index (χ2n) is 7.09. The van der Waals surface area contributed by atoms with Crippen LogP contribution >= 0.6 is 23.2 Å². The summed E-state index contributed by atoms with van der Waals surface area (Å²) in [6, 6.07) is 15.2. The molecule has 0 saturated heterocycles. The Morgan fingerprint density at radius 3 is 1.25 bits per heavy atom. The smallest absolute Gasteiger partial charge is 0.262 e. The first-order valence-electron chi connectivity index (χ1n) is 9.37. The number of aryl methyl sites for hydroxylation is 2. The van der Waals surface area contributed by atoms with Crippen LogP contribution in [0.1, 0.15) is 22.3 Å². The highest BCUT2D eigenvalue weighted by molar-refractivity contribution is 7.87. The third-order valence-corrected chi connectivity index (χ3v) is 7.88. The summed E-state index contributed by atoms with van der Waals surface area (Å²) < 4.78 is 60.3. The highest BCUT2D eigenvalue weighted by atomic mass is 35.5. The van der Waals surface area contributed by atoms with Crippen molar-refractivity contribution in [3.63, 3.8) is 0 Å². The number of hydrogen-bond acceptors (Lipinski definition) is 6. The van der Waals surface area contributed by atoms with Crippen molar-refractivity contribution in [2.45, 2.75) is 36.9 Å². The van der Waals surface area contributed by atoms with E-state index < -0.39 is 20.2 Å². The van der Waals surface area contributed by atoms with Crippen molar-refractivity contribution in [2.75, 3.05) is 0 Å². The minimum Gasteiger partial charge on any atom is -0.262 e. The standard InChI is InChI=1S/C22H20Cl2O6S2/c1-15-3-7-19(8-4-15)31(25,26)29-13-17-11-21(23)22(24)12-18(17)14-30-32(27,28)20-9-5-16(2)6-10-20/h3-12H,13-14H2,1-2H3. The zero-order valence-electron chi connectivity index (χ0n) is 17.2. The van der Waals surface area contributed by atoms with E-state index in [1.807, 2.05) is 13.8 Å². The Kier molecular flexibility index (Phi) is 7.65. The van der Waals surface area contributed by atoms with Crippen molar-refractivity contribution in [1.29, 1.82) is 0 Å². The molecule has 0 N–H and O–H groups in total. The van der Waals surface area contributed by atoms with Gasteiger partial charge in [-0.05, 0) is 61.4 Å². The van der Waals surface area contributed by atoms with Crippen molar-refractivity contribution in [3.05, 3.63) is 93.0 Å². The minimum absolute atomic E-state index is 0.00269. The Morgan fingerprint density at radius 1 is 0.625 bits per heavy atom. The molecule has 0 heterocycles. The lowest BCUT2D eigenvalue weighted by atomic mass is 10.1. The molecule has 0 aromatic heterocycles. The van der Waals surface area contributed by atoms with Gasteiger partial charge in [-0.25, -0.2) is 0 Å². The fourth-order valence-corrected chi connectivity index (χ4v) is 4.87. The molecule has 0 saturated carbocycles. The van der Waals surface area contributed by atoms with Gasteiger partial charge in [0.15, 0.2) is 0 Å². The maximum absolute atomic E-state index is 12.5. The predicted octanol–water partition coefficient (Wildman–Crippen LogP) is 5.42. The van der Waals surface area contributed by atoms with Gasteiger partial charge < -0.3 is 0 Å². The lowest BCUT2D eigenvalue weighted by Crippen LogP contribution is -2.10. The molecule has 0 atom stereocenters. The first-order valence-corrected chi connectivity index (χ1v) is 12.9. The fourth-order valence-electron chi connectivity index (χ4n) is 2.73. The summed E-state index contributed by atoms with van der Waals surface area (Å²) in [5.41, 5.74) is 2.47. The van der Waals surface area contributed by atoms with E-state index in [4.69, 9.17) is 31.6 Å². The van der Waals surface area contributed by atoms with Gasteiger partial charge in [-0.15, -0.1) is 0 Å². The van der Waals surface area contributed by atoms with Crippen molar-refractivity contribution >= 4 is 43.4 Å². The summed E-state index contributed by atoms with van der Waals surface area (Å²) >= 11 is 12.1. The summed E-state index contributed by atoms with van der Waals surface area (Å²) in [6.45, 7) is 2.92. The molecular formula is C22H20Cl2O6S2. The molecule has 32 heavy (non-hydrogen) atoms. The van der Waals surface area contributed by atoms with E-state index >= 15 is 0 Å². The molecule has 170 valence electrons. The zero-order chi connectivity index (χ0) is 23.5. The van der Waals surface area contributed by atoms with Crippen molar-refractivity contribution in [1.82, 2.24) is 0 Å². The van der Waals surface area contributed by atoms with Gasteiger partial charge in [0.05, 0.1) is 33.0 Å². The van der Waals surface area contributed by atoms with E-state index in [0.717, 1.165) is 11.1 Å². The summed E-state index contributed by atoms with van der Waals surface area (Å²) in [4.78, 5) is 0.00539. The predicted molar refractivity (Wildman–Crippen MR) is 123 cm³/mol. The van der Waals surface area contributed by atoms with Crippen LogP contribution in [-0.4, -0.2) is 16.8 Å². The van der Waals surface area contributed by atoms with Gasteiger partial charge in [0, 0.05) is 0 Å². The Bertz CT molecular complexity index is 1210. The van der Waals surface area contributed by atoms with Gasteiger partial charge in [0.25, 0.3) is 20.2 Å². The quantitative estimate of drug-likeness (QED) is 0.373. The van der Waals surface area contributed by atoms with Crippen molar-refractivity contribution in [2.24, 2.45) is 0 Å². The maximum Gasteiger partial charge on any atom is 0.297 e. The summed E-state index contributed by atoms with van der Waals surface area (Å²) in [5, 5.41) is 0.339. The van der Waals surface area contributed by atoms with Crippen LogP contribution in [0.3, 0.4) is 0 Å². The average molecular weight is 515 g/mol. The molecule has 3 aromatic carbocycles. The maximum atomic E-state index is 12.5. The molecule has 0 aliphatic carbocycles. The molecule has 0 amide bonds. The first kappa shape index (κ1) is 24.7.